The van der Waals surface area contributed by atoms with Crippen LogP contribution in [0.4, 0.5) is 0 Å². The summed E-state index contributed by atoms with van der Waals surface area (Å²) in [6.45, 7) is 7.82. The molecule has 0 aromatic heterocycles. The van der Waals surface area contributed by atoms with E-state index in [1.165, 1.54) is 0 Å². The molecule has 15 heteroatoms. The minimum atomic E-state index is -1.52. The van der Waals surface area contributed by atoms with Crippen LogP contribution in [-0.4, -0.2) is 156 Å². The van der Waals surface area contributed by atoms with E-state index in [1.807, 2.05) is 6.92 Å². The average Bonchev–Trinajstić information content (AvgIpc) is 3.58. The summed E-state index contributed by atoms with van der Waals surface area (Å²) in [5, 5.41) is 104. The van der Waals surface area contributed by atoms with Gasteiger partial charge in [0.2, 0.25) is 0 Å². The van der Waals surface area contributed by atoms with Crippen molar-refractivity contribution in [2.45, 2.75) is 171 Å². The van der Waals surface area contributed by atoms with Crippen LogP contribution in [0.5, 0.6) is 0 Å². The van der Waals surface area contributed by atoms with Crippen molar-refractivity contribution in [1.82, 2.24) is 0 Å². The highest BCUT2D eigenvalue weighted by atomic mass is 16.7. The summed E-state index contributed by atoms with van der Waals surface area (Å²) >= 11 is 0. The zero-order chi connectivity index (χ0) is 39.1. The molecule has 7 rings (SSSR count). The number of rotatable bonds is 10. The van der Waals surface area contributed by atoms with E-state index in [0.717, 1.165) is 32.1 Å². The van der Waals surface area contributed by atoms with E-state index in [-0.39, 0.29) is 47.2 Å². The molecule has 0 bridgehead atoms. The predicted molar refractivity (Wildman–Crippen MR) is 188 cm³/mol. The fraction of sp³-hybridized carbons (Fsp3) is 1.00. The minimum Gasteiger partial charge on any atom is -0.394 e. The summed E-state index contributed by atoms with van der Waals surface area (Å²) in [5.41, 5.74) is -0.344. The van der Waals surface area contributed by atoms with Crippen molar-refractivity contribution in [3.8, 4) is 0 Å². The molecule has 4 saturated carbocycles. The Morgan fingerprint density at radius 3 is 2.04 bits per heavy atom. The van der Waals surface area contributed by atoms with E-state index in [4.69, 9.17) is 23.7 Å². The fourth-order valence-electron chi connectivity index (χ4n) is 12.7. The van der Waals surface area contributed by atoms with Gasteiger partial charge >= 0.3 is 0 Å². The van der Waals surface area contributed by atoms with Gasteiger partial charge in [-0.05, 0) is 91.3 Å². The Balaban J connectivity index is 0.948. The van der Waals surface area contributed by atoms with E-state index in [0.29, 0.717) is 43.4 Å². The van der Waals surface area contributed by atoms with Crippen molar-refractivity contribution in [1.29, 1.82) is 0 Å². The lowest BCUT2D eigenvalue weighted by Crippen LogP contribution is -2.62. The standard InChI is InChI=1S/C39H66O15/c1-17(16-50-35-33(47)31(45)29(43)25(14-40)52-35)7-10-39(49)18(2)28-24(54-39)13-23-21-6-5-19-11-20(51-36-34(48)32(46)30(44)26(15-41)53-36)12-27(42)38(19,4)22(21)8-9-37(23,28)3/h17-36,40-49H,5-16H2,1-4H3/t17-,18-,19+,20+,21+,22-,23-,24-,25+,26+,27+,28-,29+,30+,31-,32-,33+,34+,35+,36+,37-,38-,39+/m0/s1. The van der Waals surface area contributed by atoms with E-state index < -0.39 is 92.6 Å². The lowest BCUT2D eigenvalue weighted by Gasteiger charge is -2.62. The van der Waals surface area contributed by atoms with Gasteiger partial charge in [0.05, 0.1) is 38.1 Å². The molecule has 312 valence electrons. The molecule has 23 atom stereocenters. The Labute approximate surface area is 317 Å². The van der Waals surface area contributed by atoms with Gasteiger partial charge in [-0.2, -0.15) is 0 Å². The molecule has 4 aliphatic carbocycles. The normalized spacial score (nSPS) is 56.4. The third kappa shape index (κ3) is 6.82. The lowest BCUT2D eigenvalue weighted by atomic mass is 9.43. The van der Waals surface area contributed by atoms with Crippen LogP contribution < -0.4 is 0 Å². The fourth-order valence-corrected chi connectivity index (χ4v) is 12.7. The minimum absolute atomic E-state index is 0.0227. The van der Waals surface area contributed by atoms with Crippen molar-refractivity contribution < 1.29 is 74.7 Å². The molecule has 0 spiro atoms. The van der Waals surface area contributed by atoms with Crippen LogP contribution in [0.25, 0.3) is 0 Å². The summed E-state index contributed by atoms with van der Waals surface area (Å²) < 4.78 is 29.7. The molecule has 0 unspecified atom stereocenters. The molecule has 3 saturated heterocycles. The van der Waals surface area contributed by atoms with Gasteiger partial charge in [0.15, 0.2) is 18.4 Å². The van der Waals surface area contributed by atoms with Crippen molar-refractivity contribution in [2.75, 3.05) is 19.8 Å². The maximum atomic E-state index is 12.0. The molecule has 0 radical (unpaired) electrons. The van der Waals surface area contributed by atoms with Crippen LogP contribution in [0.15, 0.2) is 0 Å². The van der Waals surface area contributed by atoms with E-state index >= 15 is 0 Å². The van der Waals surface area contributed by atoms with E-state index in [2.05, 4.69) is 20.8 Å². The monoisotopic (exact) mass is 774 g/mol. The summed E-state index contributed by atoms with van der Waals surface area (Å²) in [4.78, 5) is 0. The van der Waals surface area contributed by atoms with Crippen molar-refractivity contribution in [3.05, 3.63) is 0 Å². The Kier molecular flexibility index (Phi) is 12.0. The van der Waals surface area contributed by atoms with Crippen LogP contribution in [0.1, 0.15) is 85.5 Å². The number of fused-ring (bicyclic) bond motifs is 7. The van der Waals surface area contributed by atoms with Gasteiger partial charge in [-0.15, -0.1) is 0 Å². The second kappa shape index (κ2) is 15.5. The molecular formula is C39H66O15. The lowest BCUT2D eigenvalue weighted by molar-refractivity contribution is -0.320. The first-order valence-corrected chi connectivity index (χ1v) is 20.4. The SMILES string of the molecule is C[C@@H](CC[C@@]1(O)O[C@H]2C[C@H]3[C@@H]4CC[C@@H]5C[C@@H](O[C@@H]6O[C@H](CO)[C@@H](O)[C@H](O)[C@H]6O)C[C@@H](O)[C@]5(C)[C@H]4CC[C@]3(C)[C@H]2[C@@H]1C)CO[C@@H]1O[C@H](CO)[C@@H](O)[C@H](O)[C@H]1O. The second-order valence-electron chi connectivity index (χ2n) is 18.7. The largest absolute Gasteiger partial charge is 0.394 e. The van der Waals surface area contributed by atoms with Gasteiger partial charge in [-0.1, -0.05) is 27.7 Å². The highest BCUT2D eigenvalue weighted by Gasteiger charge is 2.69. The molecule has 0 aromatic rings. The maximum absolute atomic E-state index is 12.0. The zero-order valence-electron chi connectivity index (χ0n) is 32.0. The molecule has 3 heterocycles. The first-order chi connectivity index (χ1) is 25.5. The van der Waals surface area contributed by atoms with Crippen LogP contribution in [-0.2, 0) is 23.7 Å². The van der Waals surface area contributed by atoms with E-state index in [9.17, 15) is 51.1 Å². The Hall–Kier alpha value is -0.600. The summed E-state index contributed by atoms with van der Waals surface area (Å²) in [7, 11) is 0. The Bertz CT molecular complexity index is 1290. The van der Waals surface area contributed by atoms with Crippen molar-refractivity contribution in [2.24, 2.45) is 52.3 Å². The Morgan fingerprint density at radius 2 is 1.39 bits per heavy atom. The van der Waals surface area contributed by atoms with Crippen molar-refractivity contribution >= 4 is 0 Å². The third-order valence-electron chi connectivity index (χ3n) is 16.0. The molecule has 3 aliphatic heterocycles. The van der Waals surface area contributed by atoms with Gasteiger partial charge in [0.1, 0.15) is 48.8 Å². The number of hydrogen-bond donors (Lipinski definition) is 10. The maximum Gasteiger partial charge on any atom is 0.186 e. The van der Waals surface area contributed by atoms with Gasteiger partial charge < -0.3 is 74.7 Å². The van der Waals surface area contributed by atoms with Crippen LogP contribution >= 0.6 is 0 Å². The zero-order valence-corrected chi connectivity index (χ0v) is 32.0. The van der Waals surface area contributed by atoms with Crippen LogP contribution in [0.2, 0.25) is 0 Å². The van der Waals surface area contributed by atoms with Gasteiger partial charge in [-0.25, -0.2) is 0 Å². The molecule has 7 fully saturated rings. The molecule has 54 heavy (non-hydrogen) atoms. The highest BCUT2D eigenvalue weighted by molar-refractivity contribution is 5.16. The summed E-state index contributed by atoms with van der Waals surface area (Å²) in [6.07, 6.45) is -7.71. The molecule has 7 aliphatic rings. The second-order valence-corrected chi connectivity index (χ2v) is 18.7. The topological polar surface area (TPSA) is 248 Å². The number of aliphatic hydroxyl groups is 10. The quantitative estimate of drug-likeness (QED) is 0.124. The molecule has 10 N–H and O–H groups in total. The van der Waals surface area contributed by atoms with Gasteiger partial charge in [0, 0.05) is 18.8 Å². The Morgan fingerprint density at radius 1 is 0.759 bits per heavy atom. The van der Waals surface area contributed by atoms with Gasteiger partial charge in [0.25, 0.3) is 0 Å². The number of aliphatic hydroxyl groups excluding tert-OH is 9. The first kappa shape index (κ1) is 41.6. The molecule has 0 amide bonds. The van der Waals surface area contributed by atoms with Crippen molar-refractivity contribution in [3.63, 3.8) is 0 Å². The number of ether oxygens (including phenoxy) is 5. The van der Waals surface area contributed by atoms with Gasteiger partial charge in [-0.3, -0.25) is 0 Å². The molecule has 0 aromatic carbocycles. The third-order valence-corrected chi connectivity index (χ3v) is 16.0. The predicted octanol–water partition coefficient (Wildman–Crippen LogP) is -0.633. The first-order valence-electron chi connectivity index (χ1n) is 20.4. The van der Waals surface area contributed by atoms with Crippen LogP contribution in [0.3, 0.4) is 0 Å². The number of hydrogen-bond acceptors (Lipinski definition) is 15. The average molecular weight is 775 g/mol. The van der Waals surface area contributed by atoms with E-state index in [1.54, 1.807) is 0 Å². The van der Waals surface area contributed by atoms with Crippen LogP contribution in [0, 0.1) is 52.3 Å². The highest BCUT2D eigenvalue weighted by Crippen LogP contribution is 2.71. The summed E-state index contributed by atoms with van der Waals surface area (Å²) in [6, 6.07) is 0. The molecule has 15 nitrogen and oxygen atoms in total. The molecular weight excluding hydrogens is 708 g/mol. The summed E-state index contributed by atoms with van der Waals surface area (Å²) in [5.74, 6) is 0.0684. The smallest absolute Gasteiger partial charge is 0.186 e.